The normalized spacial score (nSPS) is 15.2. The number of likely N-dealkylation sites (tertiary alicyclic amines) is 1. The van der Waals surface area contributed by atoms with Gasteiger partial charge in [-0.05, 0) is 68.8 Å². The smallest absolute Gasteiger partial charge is 0.187 e. The number of hydrazone groups is 1. The summed E-state index contributed by atoms with van der Waals surface area (Å²) in [5.74, 6) is 0.926. The highest BCUT2D eigenvalue weighted by molar-refractivity contribution is 7.80. The monoisotopic (exact) mass is 346 g/mol. The van der Waals surface area contributed by atoms with Crippen molar-refractivity contribution < 1.29 is 4.74 Å². The molecule has 0 atom stereocenters. The van der Waals surface area contributed by atoms with Crippen LogP contribution in [-0.2, 0) is 6.54 Å². The Bertz CT molecular complexity index is 609. The van der Waals surface area contributed by atoms with E-state index >= 15 is 0 Å². The summed E-state index contributed by atoms with van der Waals surface area (Å²) in [6, 6.07) is 6.18. The fourth-order valence-electron chi connectivity index (χ4n) is 2.71. The first-order chi connectivity index (χ1) is 11.6. The van der Waals surface area contributed by atoms with Crippen LogP contribution in [0.5, 0.6) is 5.75 Å². The van der Waals surface area contributed by atoms with Crippen LogP contribution in [0.15, 0.2) is 36.0 Å². The molecule has 130 valence electrons. The van der Waals surface area contributed by atoms with Crippen LogP contribution in [-0.4, -0.2) is 42.5 Å². The molecule has 0 spiro atoms. The molecule has 0 unspecified atom stereocenters. The summed E-state index contributed by atoms with van der Waals surface area (Å²) in [6.45, 7) is 9.45. The average Bonchev–Trinajstić information content (AvgIpc) is 3.10. The number of methoxy groups -OCH3 is 1. The molecule has 0 amide bonds. The molecule has 24 heavy (non-hydrogen) atoms. The summed E-state index contributed by atoms with van der Waals surface area (Å²) in [6.07, 6.45) is 4.31. The second kappa shape index (κ2) is 9.39. The lowest BCUT2D eigenvalue weighted by atomic mass is 10.1. The molecule has 1 fully saturated rings. The van der Waals surface area contributed by atoms with E-state index in [-0.39, 0.29) is 0 Å². The fourth-order valence-corrected chi connectivity index (χ4v) is 2.84. The van der Waals surface area contributed by atoms with Crippen LogP contribution in [0.3, 0.4) is 0 Å². The number of benzene rings is 1. The van der Waals surface area contributed by atoms with Gasteiger partial charge in [-0.15, -0.1) is 6.58 Å². The van der Waals surface area contributed by atoms with Gasteiger partial charge in [-0.3, -0.25) is 10.3 Å². The summed E-state index contributed by atoms with van der Waals surface area (Å²) in [5, 5.41) is 7.82. The quantitative estimate of drug-likeness (QED) is 0.344. The number of ether oxygens (including phenoxy) is 1. The van der Waals surface area contributed by atoms with Gasteiger partial charge in [-0.25, -0.2) is 0 Å². The van der Waals surface area contributed by atoms with Crippen molar-refractivity contribution in [3.63, 3.8) is 0 Å². The molecule has 0 aliphatic carbocycles. The van der Waals surface area contributed by atoms with E-state index in [9.17, 15) is 0 Å². The molecule has 1 aliphatic rings. The van der Waals surface area contributed by atoms with Crippen molar-refractivity contribution in [1.82, 2.24) is 15.6 Å². The maximum Gasteiger partial charge on any atom is 0.187 e. The van der Waals surface area contributed by atoms with E-state index in [1.54, 1.807) is 13.2 Å². The number of nitrogens with one attached hydrogen (secondary N) is 2. The first kappa shape index (κ1) is 18.4. The Labute approximate surface area is 149 Å². The van der Waals surface area contributed by atoms with Crippen molar-refractivity contribution in [1.29, 1.82) is 0 Å². The summed E-state index contributed by atoms with van der Waals surface area (Å²) in [5.41, 5.74) is 5.99. The minimum absolute atomic E-state index is 0.486. The summed E-state index contributed by atoms with van der Waals surface area (Å²) >= 11 is 5.14. The molecule has 1 aromatic carbocycles. The molecule has 0 saturated carbocycles. The molecule has 1 aliphatic heterocycles. The van der Waals surface area contributed by atoms with Crippen molar-refractivity contribution in [3.8, 4) is 5.75 Å². The number of rotatable bonds is 7. The molecule has 6 heteroatoms. The van der Waals surface area contributed by atoms with Crippen LogP contribution in [0.25, 0.3) is 0 Å². The SMILES string of the molecule is C=CCNC(=S)N/N=C(/C)c1ccc(OC)c(CN2CCCC2)c1. The fraction of sp³-hybridized carbons (Fsp3) is 0.444. The lowest BCUT2D eigenvalue weighted by Crippen LogP contribution is -2.32. The van der Waals surface area contributed by atoms with Gasteiger partial charge in [0.2, 0.25) is 0 Å². The molecule has 1 saturated heterocycles. The third kappa shape index (κ3) is 5.32. The van der Waals surface area contributed by atoms with Gasteiger partial charge in [-0.2, -0.15) is 5.10 Å². The minimum atomic E-state index is 0.486. The zero-order valence-corrected chi connectivity index (χ0v) is 15.3. The largest absolute Gasteiger partial charge is 0.496 e. The van der Waals surface area contributed by atoms with Gasteiger partial charge in [0.1, 0.15) is 5.75 Å². The summed E-state index contributed by atoms with van der Waals surface area (Å²) < 4.78 is 5.51. The molecule has 2 rings (SSSR count). The minimum Gasteiger partial charge on any atom is -0.496 e. The maximum absolute atomic E-state index is 5.51. The molecule has 0 radical (unpaired) electrons. The predicted molar refractivity (Wildman–Crippen MR) is 104 cm³/mol. The molecule has 0 bridgehead atoms. The van der Waals surface area contributed by atoms with Crippen molar-refractivity contribution >= 4 is 23.0 Å². The molecule has 5 nitrogen and oxygen atoms in total. The van der Waals surface area contributed by atoms with E-state index in [1.165, 1.54) is 18.4 Å². The van der Waals surface area contributed by atoms with Crippen LogP contribution >= 0.6 is 12.2 Å². The molecular weight excluding hydrogens is 320 g/mol. The van der Waals surface area contributed by atoms with Crippen molar-refractivity contribution in [2.24, 2.45) is 5.10 Å². The second-order valence-electron chi connectivity index (χ2n) is 5.82. The van der Waals surface area contributed by atoms with E-state index < -0.39 is 0 Å². The number of hydrogen-bond donors (Lipinski definition) is 2. The number of thiocarbonyl (C=S) groups is 1. The molecule has 1 aromatic rings. The highest BCUT2D eigenvalue weighted by atomic mass is 32.1. The first-order valence-electron chi connectivity index (χ1n) is 8.22. The lowest BCUT2D eigenvalue weighted by molar-refractivity contribution is 0.321. The number of hydrogen-bond acceptors (Lipinski definition) is 4. The highest BCUT2D eigenvalue weighted by Crippen LogP contribution is 2.23. The van der Waals surface area contributed by atoms with Crippen LogP contribution in [0.4, 0.5) is 0 Å². The zero-order chi connectivity index (χ0) is 17.4. The van der Waals surface area contributed by atoms with Gasteiger partial charge >= 0.3 is 0 Å². The van der Waals surface area contributed by atoms with E-state index in [0.29, 0.717) is 11.7 Å². The van der Waals surface area contributed by atoms with Crippen LogP contribution in [0.1, 0.15) is 30.9 Å². The second-order valence-corrected chi connectivity index (χ2v) is 6.23. The van der Waals surface area contributed by atoms with Gasteiger partial charge in [0.15, 0.2) is 5.11 Å². The number of nitrogens with zero attached hydrogens (tertiary/aromatic N) is 2. The Morgan fingerprint density at radius 1 is 1.42 bits per heavy atom. The van der Waals surface area contributed by atoms with Gasteiger partial charge < -0.3 is 10.1 Å². The average molecular weight is 347 g/mol. The lowest BCUT2D eigenvalue weighted by Gasteiger charge is -2.18. The molecule has 1 heterocycles. The van der Waals surface area contributed by atoms with Gasteiger partial charge in [0.05, 0.1) is 12.8 Å². The summed E-state index contributed by atoms with van der Waals surface area (Å²) in [4.78, 5) is 2.46. The Balaban J connectivity index is 2.08. The Kier molecular flexibility index (Phi) is 7.21. The van der Waals surface area contributed by atoms with Crippen LogP contribution in [0.2, 0.25) is 0 Å². The van der Waals surface area contributed by atoms with E-state index in [0.717, 1.165) is 36.7 Å². The van der Waals surface area contributed by atoms with Gasteiger partial charge in [0.25, 0.3) is 0 Å². The van der Waals surface area contributed by atoms with E-state index in [2.05, 4.69) is 33.4 Å². The first-order valence-corrected chi connectivity index (χ1v) is 8.63. The van der Waals surface area contributed by atoms with Crippen molar-refractivity contribution in [3.05, 3.63) is 42.0 Å². The third-order valence-electron chi connectivity index (χ3n) is 4.02. The zero-order valence-electron chi connectivity index (χ0n) is 14.5. The Hall–Kier alpha value is -1.92. The standard InChI is InChI=1S/C18H26N4OS/c1-4-9-19-18(24)21-20-14(2)15-7-8-17(23-3)16(12-15)13-22-10-5-6-11-22/h4,7-8,12H,1,5-6,9-11,13H2,2-3H3,(H2,19,21,24)/b20-14-. The molecular formula is C18H26N4OS. The third-order valence-corrected chi connectivity index (χ3v) is 4.26. The van der Waals surface area contributed by atoms with Gasteiger partial charge in [0, 0.05) is 18.7 Å². The highest BCUT2D eigenvalue weighted by Gasteiger charge is 2.15. The summed E-state index contributed by atoms with van der Waals surface area (Å²) in [7, 11) is 1.72. The van der Waals surface area contributed by atoms with Crippen molar-refractivity contribution in [2.75, 3.05) is 26.7 Å². The maximum atomic E-state index is 5.51. The van der Waals surface area contributed by atoms with E-state index in [4.69, 9.17) is 17.0 Å². The van der Waals surface area contributed by atoms with E-state index in [1.807, 2.05) is 19.1 Å². The van der Waals surface area contributed by atoms with Crippen LogP contribution in [0, 0.1) is 0 Å². The molecule has 0 aromatic heterocycles. The van der Waals surface area contributed by atoms with Crippen LogP contribution < -0.4 is 15.5 Å². The van der Waals surface area contributed by atoms with Gasteiger partial charge in [-0.1, -0.05) is 6.08 Å². The predicted octanol–water partition coefficient (Wildman–Crippen LogP) is 2.67. The Morgan fingerprint density at radius 2 is 2.17 bits per heavy atom. The Morgan fingerprint density at radius 3 is 2.83 bits per heavy atom. The van der Waals surface area contributed by atoms with Crippen molar-refractivity contribution in [2.45, 2.75) is 26.3 Å². The topological polar surface area (TPSA) is 48.9 Å². The molecule has 2 N–H and O–H groups in total.